The minimum Gasteiger partial charge on any atom is -0.342 e. The summed E-state index contributed by atoms with van der Waals surface area (Å²) >= 11 is 1.62. The zero-order valence-corrected chi connectivity index (χ0v) is 13.9. The molecule has 5 nitrogen and oxygen atoms in total. The van der Waals surface area contributed by atoms with Gasteiger partial charge in [-0.25, -0.2) is 0 Å². The highest BCUT2D eigenvalue weighted by atomic mass is 32.1. The number of likely N-dealkylation sites (tertiary alicyclic amines) is 1. The van der Waals surface area contributed by atoms with Gasteiger partial charge in [-0.3, -0.25) is 4.79 Å². The fraction of sp³-hybridized carbons (Fsp3) is 0.278. The molecule has 1 aliphatic heterocycles. The molecule has 0 saturated carbocycles. The molecule has 1 aliphatic rings. The lowest BCUT2D eigenvalue weighted by atomic mass is 10.1. The van der Waals surface area contributed by atoms with Gasteiger partial charge in [-0.05, 0) is 17.9 Å². The van der Waals surface area contributed by atoms with Gasteiger partial charge in [0, 0.05) is 23.5 Å². The smallest absolute Gasteiger partial charge is 0.231 e. The number of thiophene rings is 1. The van der Waals surface area contributed by atoms with Crippen LogP contribution in [0, 0.1) is 0 Å². The largest absolute Gasteiger partial charge is 0.342 e. The zero-order valence-electron chi connectivity index (χ0n) is 13.1. The third-order valence-electron chi connectivity index (χ3n) is 4.27. The maximum absolute atomic E-state index is 12.4. The van der Waals surface area contributed by atoms with Crippen LogP contribution in [0.5, 0.6) is 0 Å². The highest BCUT2D eigenvalue weighted by molar-refractivity contribution is 7.10. The molecular formula is C18H17N3O2S. The summed E-state index contributed by atoms with van der Waals surface area (Å²) < 4.78 is 5.44. The zero-order chi connectivity index (χ0) is 16.4. The lowest BCUT2D eigenvalue weighted by Gasteiger charge is -2.15. The molecule has 122 valence electrons. The van der Waals surface area contributed by atoms with Crippen molar-refractivity contribution in [3.8, 4) is 11.4 Å². The van der Waals surface area contributed by atoms with Gasteiger partial charge < -0.3 is 9.42 Å². The number of amides is 1. The molecule has 0 N–H and O–H groups in total. The molecule has 0 bridgehead atoms. The van der Waals surface area contributed by atoms with Crippen molar-refractivity contribution in [2.45, 2.75) is 18.8 Å². The minimum atomic E-state index is 0.127. The molecule has 1 atom stereocenters. The molecule has 24 heavy (non-hydrogen) atoms. The average Bonchev–Trinajstić information content (AvgIpc) is 3.36. The third kappa shape index (κ3) is 3.10. The number of carbonyl (C=O) groups excluding carboxylic acids is 1. The normalized spacial score (nSPS) is 17.3. The Morgan fingerprint density at radius 2 is 2.12 bits per heavy atom. The van der Waals surface area contributed by atoms with E-state index < -0.39 is 0 Å². The average molecular weight is 339 g/mol. The number of carbonyl (C=O) groups is 1. The van der Waals surface area contributed by atoms with E-state index in [2.05, 4.69) is 10.1 Å². The van der Waals surface area contributed by atoms with Crippen LogP contribution >= 0.6 is 11.3 Å². The van der Waals surface area contributed by atoms with Crippen LogP contribution in [0.3, 0.4) is 0 Å². The summed E-state index contributed by atoms with van der Waals surface area (Å²) in [4.78, 5) is 19.9. The predicted octanol–water partition coefficient (Wildman–Crippen LogP) is 3.36. The van der Waals surface area contributed by atoms with E-state index in [1.54, 1.807) is 11.3 Å². The molecule has 0 spiro atoms. The monoisotopic (exact) mass is 339 g/mol. The van der Waals surface area contributed by atoms with E-state index >= 15 is 0 Å². The van der Waals surface area contributed by atoms with Crippen LogP contribution in [0.1, 0.15) is 23.1 Å². The Hall–Kier alpha value is -2.47. The summed E-state index contributed by atoms with van der Waals surface area (Å²) in [5.74, 6) is 1.53. The molecule has 6 heteroatoms. The van der Waals surface area contributed by atoms with Crippen molar-refractivity contribution >= 4 is 17.2 Å². The van der Waals surface area contributed by atoms with Gasteiger partial charge in [0.05, 0.1) is 12.3 Å². The van der Waals surface area contributed by atoms with Gasteiger partial charge in [0.2, 0.25) is 17.6 Å². The number of rotatable bonds is 4. The highest BCUT2D eigenvalue weighted by Crippen LogP contribution is 2.28. The predicted molar refractivity (Wildman–Crippen MR) is 91.7 cm³/mol. The Kier molecular flexibility index (Phi) is 4.13. The molecule has 3 aromatic rings. The van der Waals surface area contributed by atoms with E-state index in [1.165, 1.54) is 0 Å². The molecule has 0 aliphatic carbocycles. The summed E-state index contributed by atoms with van der Waals surface area (Å²) in [5.41, 5.74) is 0.941. The number of nitrogens with zero attached hydrogens (tertiary/aromatic N) is 3. The molecule has 1 fully saturated rings. The van der Waals surface area contributed by atoms with Gasteiger partial charge in [-0.15, -0.1) is 11.3 Å². The van der Waals surface area contributed by atoms with E-state index in [4.69, 9.17) is 4.52 Å². The van der Waals surface area contributed by atoms with Crippen molar-refractivity contribution in [1.29, 1.82) is 0 Å². The summed E-state index contributed by atoms with van der Waals surface area (Å²) in [5, 5.41) is 6.07. The van der Waals surface area contributed by atoms with Gasteiger partial charge in [0.1, 0.15) is 0 Å². The molecule has 0 radical (unpaired) electrons. The molecule has 1 amide bonds. The van der Waals surface area contributed by atoms with Gasteiger partial charge in [-0.1, -0.05) is 41.6 Å². The van der Waals surface area contributed by atoms with Crippen LogP contribution in [0.2, 0.25) is 0 Å². The molecule has 1 saturated heterocycles. The summed E-state index contributed by atoms with van der Waals surface area (Å²) in [6, 6.07) is 13.8. The Balaban J connectivity index is 1.42. The molecule has 0 unspecified atom stereocenters. The molecular weight excluding hydrogens is 322 g/mol. The van der Waals surface area contributed by atoms with Crippen LogP contribution in [-0.2, 0) is 11.2 Å². The maximum atomic E-state index is 12.4. The lowest BCUT2D eigenvalue weighted by Crippen LogP contribution is -2.29. The van der Waals surface area contributed by atoms with Crippen LogP contribution in [-0.4, -0.2) is 34.0 Å². The van der Waals surface area contributed by atoms with Crippen molar-refractivity contribution in [3.63, 3.8) is 0 Å². The first-order valence-corrected chi connectivity index (χ1v) is 8.87. The highest BCUT2D eigenvalue weighted by Gasteiger charge is 2.31. The fourth-order valence-corrected chi connectivity index (χ4v) is 3.66. The first-order valence-electron chi connectivity index (χ1n) is 7.99. The quantitative estimate of drug-likeness (QED) is 0.731. The summed E-state index contributed by atoms with van der Waals surface area (Å²) in [6.45, 7) is 1.40. The maximum Gasteiger partial charge on any atom is 0.231 e. The Labute approximate surface area is 143 Å². The Morgan fingerprint density at radius 1 is 1.25 bits per heavy atom. The molecule has 4 rings (SSSR count). The van der Waals surface area contributed by atoms with Crippen LogP contribution in [0.25, 0.3) is 11.4 Å². The van der Waals surface area contributed by atoms with E-state index in [1.807, 2.05) is 52.7 Å². The first kappa shape index (κ1) is 15.1. The van der Waals surface area contributed by atoms with Gasteiger partial charge in [-0.2, -0.15) is 4.98 Å². The molecule has 2 aromatic heterocycles. The second-order valence-electron chi connectivity index (χ2n) is 5.90. The number of hydrogen-bond donors (Lipinski definition) is 0. The lowest BCUT2D eigenvalue weighted by molar-refractivity contribution is -0.129. The summed E-state index contributed by atoms with van der Waals surface area (Å²) in [6.07, 6.45) is 1.34. The van der Waals surface area contributed by atoms with Crippen molar-refractivity contribution in [3.05, 3.63) is 58.6 Å². The number of benzene rings is 1. The van der Waals surface area contributed by atoms with Crippen molar-refractivity contribution in [1.82, 2.24) is 15.0 Å². The Morgan fingerprint density at radius 3 is 2.92 bits per heavy atom. The van der Waals surface area contributed by atoms with Gasteiger partial charge >= 0.3 is 0 Å². The van der Waals surface area contributed by atoms with E-state index in [-0.39, 0.29) is 11.8 Å². The molecule has 3 heterocycles. The van der Waals surface area contributed by atoms with Crippen LogP contribution in [0.4, 0.5) is 0 Å². The molecule has 1 aromatic carbocycles. The van der Waals surface area contributed by atoms with Crippen LogP contribution in [0.15, 0.2) is 52.4 Å². The third-order valence-corrected chi connectivity index (χ3v) is 5.15. The first-order chi connectivity index (χ1) is 11.8. The van der Waals surface area contributed by atoms with Crippen molar-refractivity contribution in [2.24, 2.45) is 0 Å². The van der Waals surface area contributed by atoms with Crippen LogP contribution < -0.4 is 0 Å². The van der Waals surface area contributed by atoms with Gasteiger partial charge in [0.25, 0.3) is 0 Å². The van der Waals surface area contributed by atoms with Crippen molar-refractivity contribution in [2.75, 3.05) is 13.1 Å². The van der Waals surface area contributed by atoms with E-state index in [0.29, 0.717) is 24.7 Å². The van der Waals surface area contributed by atoms with Crippen molar-refractivity contribution < 1.29 is 9.32 Å². The minimum absolute atomic E-state index is 0.127. The SMILES string of the molecule is O=C(Cc1cccs1)N1CC[C@H](c2nc(-c3ccccc3)no2)C1. The number of hydrogen-bond acceptors (Lipinski definition) is 5. The van der Waals surface area contributed by atoms with Gasteiger partial charge in [0.15, 0.2) is 0 Å². The number of aromatic nitrogens is 2. The topological polar surface area (TPSA) is 59.2 Å². The standard InChI is InChI=1S/C18H17N3O2S/c22-16(11-15-7-4-10-24-15)21-9-8-14(12-21)18-19-17(20-23-18)13-5-2-1-3-6-13/h1-7,10,14H,8-9,11-12H2/t14-/m0/s1. The Bertz CT molecular complexity index is 814. The second kappa shape index (κ2) is 6.57. The van der Waals surface area contributed by atoms with E-state index in [0.717, 1.165) is 23.4 Å². The summed E-state index contributed by atoms with van der Waals surface area (Å²) in [7, 11) is 0. The second-order valence-corrected chi connectivity index (χ2v) is 6.94. The van der Waals surface area contributed by atoms with E-state index in [9.17, 15) is 4.79 Å². The fourth-order valence-electron chi connectivity index (χ4n) is 2.97.